The third-order valence-electron chi connectivity index (χ3n) is 3.72. The van der Waals surface area contributed by atoms with E-state index in [0.29, 0.717) is 11.0 Å². The average Bonchev–Trinajstić information content (AvgIpc) is 3.09. The third-order valence-corrected chi connectivity index (χ3v) is 4.74. The van der Waals surface area contributed by atoms with E-state index in [9.17, 15) is 9.18 Å². The summed E-state index contributed by atoms with van der Waals surface area (Å²) in [6, 6.07) is 15.6. The van der Waals surface area contributed by atoms with Gasteiger partial charge in [0, 0.05) is 5.69 Å². The Bertz CT molecular complexity index is 918. The van der Waals surface area contributed by atoms with Gasteiger partial charge in [-0.25, -0.2) is 4.39 Å². The normalized spacial score (nSPS) is 11.8. The van der Waals surface area contributed by atoms with Crippen molar-refractivity contribution in [3.8, 4) is 11.4 Å². The molecule has 0 aliphatic carbocycles. The first kappa shape index (κ1) is 18.9. The Morgan fingerprint density at radius 2 is 1.85 bits per heavy atom. The Kier molecular flexibility index (Phi) is 6.08. The van der Waals surface area contributed by atoms with Crippen LogP contribution in [0.5, 0.6) is 5.75 Å². The van der Waals surface area contributed by atoms with Crippen molar-refractivity contribution in [2.45, 2.75) is 23.9 Å². The summed E-state index contributed by atoms with van der Waals surface area (Å²) in [6.07, 6.45) is 0. The first-order chi connectivity index (χ1) is 13.1. The van der Waals surface area contributed by atoms with Crippen molar-refractivity contribution >= 4 is 17.7 Å². The van der Waals surface area contributed by atoms with Gasteiger partial charge in [-0.2, -0.15) is 0 Å². The highest BCUT2D eigenvalue weighted by Gasteiger charge is 2.22. The number of carbonyl (C=O) groups is 1. The molecule has 2 aromatic carbocycles. The van der Waals surface area contributed by atoms with Gasteiger partial charge in [-0.1, -0.05) is 42.1 Å². The number of nitrogens with zero attached hydrogens (tertiary/aromatic N) is 3. The third kappa shape index (κ3) is 4.46. The second-order valence-electron chi connectivity index (χ2n) is 5.57. The molecule has 1 unspecified atom stereocenters. The lowest BCUT2D eigenvalue weighted by molar-refractivity contribution is -0.139. The number of halogens is 1. The molecule has 27 heavy (non-hydrogen) atoms. The van der Waals surface area contributed by atoms with Crippen LogP contribution in [-0.2, 0) is 16.1 Å². The van der Waals surface area contributed by atoms with E-state index < -0.39 is 11.1 Å². The summed E-state index contributed by atoms with van der Waals surface area (Å²) >= 11 is 1.23. The number of ether oxygens (including phenoxy) is 2. The Labute approximate surface area is 160 Å². The van der Waals surface area contributed by atoms with Crippen LogP contribution < -0.4 is 4.74 Å². The summed E-state index contributed by atoms with van der Waals surface area (Å²) < 4.78 is 25.9. The molecule has 1 atom stereocenters. The quantitative estimate of drug-likeness (QED) is 0.456. The van der Waals surface area contributed by atoms with Gasteiger partial charge in [-0.3, -0.25) is 9.36 Å². The maximum absolute atomic E-state index is 13.8. The molecule has 0 saturated heterocycles. The molecule has 0 fully saturated rings. The van der Waals surface area contributed by atoms with Gasteiger partial charge in [0.1, 0.15) is 11.9 Å². The largest absolute Gasteiger partial charge is 0.483 e. The van der Waals surface area contributed by atoms with Crippen LogP contribution in [0.25, 0.3) is 5.69 Å². The first-order valence-corrected chi connectivity index (χ1v) is 9.09. The van der Waals surface area contributed by atoms with Crippen molar-refractivity contribution < 1.29 is 18.7 Å². The van der Waals surface area contributed by atoms with E-state index in [0.717, 1.165) is 5.69 Å². The number of carbonyl (C=O) groups excluding carboxylic acids is 1. The van der Waals surface area contributed by atoms with Gasteiger partial charge in [-0.15, -0.1) is 10.2 Å². The molecule has 1 aromatic heterocycles. The molecule has 0 N–H and O–H groups in total. The van der Waals surface area contributed by atoms with Crippen LogP contribution in [0.1, 0.15) is 12.7 Å². The van der Waals surface area contributed by atoms with Gasteiger partial charge < -0.3 is 9.47 Å². The molecule has 0 aliphatic heterocycles. The Hall–Kier alpha value is -2.87. The van der Waals surface area contributed by atoms with E-state index in [1.165, 1.54) is 24.9 Å². The van der Waals surface area contributed by atoms with E-state index >= 15 is 0 Å². The van der Waals surface area contributed by atoms with Crippen molar-refractivity contribution in [3.63, 3.8) is 0 Å². The molecule has 0 radical (unpaired) electrons. The molecule has 0 bridgehead atoms. The molecule has 3 aromatic rings. The van der Waals surface area contributed by atoms with Crippen molar-refractivity contribution in [3.05, 3.63) is 66.2 Å². The van der Waals surface area contributed by atoms with Crippen molar-refractivity contribution in [1.82, 2.24) is 14.8 Å². The fraction of sp³-hybridized carbons (Fsp3) is 0.211. The number of rotatable bonds is 7. The number of benzene rings is 2. The molecule has 140 valence electrons. The van der Waals surface area contributed by atoms with Gasteiger partial charge in [-0.05, 0) is 31.2 Å². The lowest BCUT2D eigenvalue weighted by atomic mass is 10.3. The van der Waals surface area contributed by atoms with Gasteiger partial charge in [0.25, 0.3) is 0 Å². The highest BCUT2D eigenvalue weighted by Crippen LogP contribution is 2.27. The zero-order chi connectivity index (χ0) is 19.2. The highest BCUT2D eigenvalue weighted by atomic mass is 32.2. The minimum Gasteiger partial charge on any atom is -0.483 e. The van der Waals surface area contributed by atoms with Crippen molar-refractivity contribution in [2.75, 3.05) is 7.11 Å². The molecule has 1 heterocycles. The summed E-state index contributed by atoms with van der Waals surface area (Å²) in [6.45, 7) is 1.76. The SMILES string of the molecule is COC(=O)C(C)Sc1nnc(COc2ccccc2F)n1-c1ccccc1. The molecular weight excluding hydrogens is 369 g/mol. The Balaban J connectivity index is 1.89. The minimum atomic E-state index is -0.456. The van der Waals surface area contributed by atoms with Crippen LogP contribution >= 0.6 is 11.8 Å². The molecular formula is C19H18FN3O3S. The molecule has 0 amide bonds. The smallest absolute Gasteiger partial charge is 0.318 e. The number of hydrogen-bond acceptors (Lipinski definition) is 6. The first-order valence-electron chi connectivity index (χ1n) is 8.21. The van der Waals surface area contributed by atoms with Gasteiger partial charge >= 0.3 is 5.97 Å². The topological polar surface area (TPSA) is 66.2 Å². The lowest BCUT2D eigenvalue weighted by Crippen LogP contribution is -2.16. The molecule has 0 aliphatic rings. The summed E-state index contributed by atoms with van der Waals surface area (Å²) in [4.78, 5) is 11.8. The van der Waals surface area contributed by atoms with E-state index in [1.807, 2.05) is 30.3 Å². The van der Waals surface area contributed by atoms with Crippen LogP contribution in [-0.4, -0.2) is 33.1 Å². The molecule has 6 nitrogen and oxygen atoms in total. The lowest BCUT2D eigenvalue weighted by Gasteiger charge is -2.13. The monoisotopic (exact) mass is 387 g/mol. The standard InChI is InChI=1S/C19H18FN3O3S/c1-13(18(24)25-2)27-19-22-21-17(23(19)14-8-4-3-5-9-14)12-26-16-11-7-6-10-15(16)20/h3-11,13H,12H2,1-2H3. The second kappa shape index (κ2) is 8.68. The van der Waals surface area contributed by atoms with Gasteiger partial charge in [0.15, 0.2) is 22.5 Å². The predicted octanol–water partition coefficient (Wildman–Crippen LogP) is 3.64. The van der Waals surface area contributed by atoms with Crippen LogP contribution in [0.4, 0.5) is 4.39 Å². The van der Waals surface area contributed by atoms with Crippen molar-refractivity contribution in [2.24, 2.45) is 0 Å². The molecule has 8 heteroatoms. The zero-order valence-electron chi connectivity index (χ0n) is 14.8. The molecule has 0 spiro atoms. The number of para-hydroxylation sites is 2. The summed E-state index contributed by atoms with van der Waals surface area (Å²) in [7, 11) is 1.34. The predicted molar refractivity (Wildman–Crippen MR) is 99.4 cm³/mol. The average molecular weight is 387 g/mol. The van der Waals surface area contributed by atoms with E-state index in [2.05, 4.69) is 10.2 Å². The second-order valence-corrected chi connectivity index (χ2v) is 6.88. The summed E-state index contributed by atoms with van der Waals surface area (Å²) in [5.41, 5.74) is 0.814. The van der Waals surface area contributed by atoms with E-state index in [4.69, 9.17) is 9.47 Å². The van der Waals surface area contributed by atoms with Crippen LogP contribution in [0, 0.1) is 5.82 Å². The van der Waals surface area contributed by atoms with Crippen LogP contribution in [0.2, 0.25) is 0 Å². The number of hydrogen-bond donors (Lipinski definition) is 0. The summed E-state index contributed by atoms with van der Waals surface area (Å²) in [5.74, 6) is -0.176. The molecule has 0 saturated carbocycles. The zero-order valence-corrected chi connectivity index (χ0v) is 15.6. The highest BCUT2D eigenvalue weighted by molar-refractivity contribution is 8.00. The Morgan fingerprint density at radius 1 is 1.15 bits per heavy atom. The fourth-order valence-electron chi connectivity index (χ4n) is 2.38. The van der Waals surface area contributed by atoms with Gasteiger partial charge in [0.2, 0.25) is 0 Å². The fourth-order valence-corrected chi connectivity index (χ4v) is 3.30. The van der Waals surface area contributed by atoms with Crippen LogP contribution in [0.15, 0.2) is 59.8 Å². The number of thioether (sulfide) groups is 1. The Morgan fingerprint density at radius 3 is 2.56 bits per heavy atom. The van der Waals surface area contributed by atoms with Gasteiger partial charge in [0.05, 0.1) is 7.11 Å². The number of methoxy groups -OCH3 is 1. The minimum absolute atomic E-state index is 0.0238. The van der Waals surface area contributed by atoms with E-state index in [1.54, 1.807) is 29.7 Å². The van der Waals surface area contributed by atoms with Crippen molar-refractivity contribution in [1.29, 1.82) is 0 Å². The number of esters is 1. The molecule has 3 rings (SSSR count). The van der Waals surface area contributed by atoms with E-state index in [-0.39, 0.29) is 18.3 Å². The van der Waals surface area contributed by atoms with Crippen LogP contribution in [0.3, 0.4) is 0 Å². The maximum atomic E-state index is 13.8. The summed E-state index contributed by atoms with van der Waals surface area (Å²) in [5, 5.41) is 8.41. The maximum Gasteiger partial charge on any atom is 0.318 e. The number of aromatic nitrogens is 3.